The summed E-state index contributed by atoms with van der Waals surface area (Å²) in [5.41, 5.74) is 1.75. The number of Topliss-reactive ketones (excluding diaryl/α,β-unsaturated/α-hetero) is 3. The molecule has 7 nitrogen and oxygen atoms in total. The molecule has 0 unspecified atom stereocenters. The van der Waals surface area contributed by atoms with Crippen LogP contribution in [0, 0.1) is 5.92 Å². The summed E-state index contributed by atoms with van der Waals surface area (Å²) in [6.07, 6.45) is 2.50. The van der Waals surface area contributed by atoms with E-state index >= 15 is 0 Å². The molecule has 190 valence electrons. The maximum atomic E-state index is 11.6. The van der Waals surface area contributed by atoms with Crippen molar-refractivity contribution in [3.63, 3.8) is 0 Å². The summed E-state index contributed by atoms with van der Waals surface area (Å²) < 4.78 is 0. The van der Waals surface area contributed by atoms with Crippen molar-refractivity contribution in [1.29, 1.82) is 0 Å². The first-order valence-corrected chi connectivity index (χ1v) is 11.7. The van der Waals surface area contributed by atoms with E-state index < -0.39 is 0 Å². The second-order valence-corrected chi connectivity index (χ2v) is 8.82. The van der Waals surface area contributed by atoms with Gasteiger partial charge in [0.1, 0.15) is 17.2 Å². The van der Waals surface area contributed by atoms with E-state index in [1.54, 1.807) is 48.5 Å². The van der Waals surface area contributed by atoms with Crippen LogP contribution in [0.15, 0.2) is 72.8 Å². The third kappa shape index (κ3) is 10.1. The van der Waals surface area contributed by atoms with Crippen LogP contribution in [0.2, 0.25) is 0 Å². The molecule has 0 atom stereocenters. The predicted octanol–water partition coefficient (Wildman–Crippen LogP) is 5.11. The Morgan fingerprint density at radius 3 is 1.61 bits per heavy atom. The lowest BCUT2D eigenvalue weighted by Gasteiger charge is -2.08. The molecule has 0 spiro atoms. The molecular weight excluding hydrogens is 458 g/mol. The van der Waals surface area contributed by atoms with Gasteiger partial charge in [-0.15, -0.1) is 0 Å². The molecule has 1 aliphatic rings. The Morgan fingerprint density at radius 1 is 0.750 bits per heavy atom. The lowest BCUT2D eigenvalue weighted by Crippen LogP contribution is -2.16. The van der Waals surface area contributed by atoms with Crippen molar-refractivity contribution in [2.75, 3.05) is 20.6 Å². The van der Waals surface area contributed by atoms with Crippen molar-refractivity contribution in [3.8, 4) is 17.2 Å². The number of ketones is 3. The molecule has 7 heteroatoms. The summed E-state index contributed by atoms with van der Waals surface area (Å²) in [4.78, 5) is 35.7. The highest BCUT2D eigenvalue weighted by atomic mass is 16.3. The summed E-state index contributed by atoms with van der Waals surface area (Å²) in [6.45, 7) is 2.20. The van der Waals surface area contributed by atoms with Gasteiger partial charge in [-0.05, 0) is 70.3 Å². The van der Waals surface area contributed by atoms with Gasteiger partial charge in [-0.2, -0.15) is 0 Å². The van der Waals surface area contributed by atoms with Crippen LogP contribution in [0.5, 0.6) is 17.2 Å². The molecule has 36 heavy (non-hydrogen) atoms. The number of phenols is 3. The molecule has 0 aliphatic heterocycles. The Morgan fingerprint density at radius 2 is 1.19 bits per heavy atom. The van der Waals surface area contributed by atoms with Gasteiger partial charge in [0.05, 0.1) is 0 Å². The van der Waals surface area contributed by atoms with E-state index in [9.17, 15) is 19.5 Å². The number of carbonyl (C=O) groups excluding carboxylic acids is 3. The summed E-state index contributed by atoms with van der Waals surface area (Å²) in [5.74, 6) is 0.873. The maximum Gasteiger partial charge on any atom is 0.166 e. The van der Waals surface area contributed by atoms with Crippen LogP contribution in [0.1, 0.15) is 57.3 Å². The Hall–Kier alpha value is -3.97. The van der Waals surface area contributed by atoms with Crippen LogP contribution in [-0.4, -0.2) is 58.2 Å². The molecule has 0 bridgehead atoms. The fourth-order valence-corrected chi connectivity index (χ4v) is 3.11. The van der Waals surface area contributed by atoms with Crippen LogP contribution < -0.4 is 0 Å². The molecule has 0 amide bonds. The standard InChI is InChI=1S/C11H15NO2.C10H10O2.C8H8O2/c1-12(2)7-6-11(14)9-4-3-5-10(13)8-9;11-9-3-1-2-8(6-9)10(12)7-4-5-7;1-6(9)7-3-2-4-8(10)5-7/h3-5,8,13H,6-7H2,1-2H3;1-3,6-7,11H,4-5H2;2-5,10H,1H3. The molecule has 0 heterocycles. The Balaban J connectivity index is 0.000000193. The van der Waals surface area contributed by atoms with Gasteiger partial charge in [0.25, 0.3) is 0 Å². The lowest BCUT2D eigenvalue weighted by atomic mass is 10.1. The minimum Gasteiger partial charge on any atom is -0.508 e. The van der Waals surface area contributed by atoms with Gasteiger partial charge in [0.15, 0.2) is 17.3 Å². The Labute approximate surface area is 211 Å². The molecule has 3 N–H and O–H groups in total. The first-order valence-electron chi connectivity index (χ1n) is 11.7. The fraction of sp³-hybridized carbons (Fsp3) is 0.276. The van der Waals surface area contributed by atoms with E-state index in [0.717, 1.165) is 19.4 Å². The second-order valence-electron chi connectivity index (χ2n) is 8.82. The highest BCUT2D eigenvalue weighted by Crippen LogP contribution is 2.33. The van der Waals surface area contributed by atoms with Gasteiger partial charge >= 0.3 is 0 Å². The number of rotatable bonds is 7. The minimum absolute atomic E-state index is 0.0316. The van der Waals surface area contributed by atoms with E-state index in [2.05, 4.69) is 0 Å². The van der Waals surface area contributed by atoms with Crippen LogP contribution in [0.4, 0.5) is 0 Å². The number of hydrogen-bond acceptors (Lipinski definition) is 7. The average molecular weight is 492 g/mol. The fourth-order valence-electron chi connectivity index (χ4n) is 3.11. The SMILES string of the molecule is CC(=O)c1cccc(O)c1.CN(C)CCC(=O)c1cccc(O)c1.O=C(c1cccc(O)c1)C1CC1. The highest BCUT2D eigenvalue weighted by Gasteiger charge is 2.30. The molecule has 0 saturated heterocycles. The van der Waals surface area contributed by atoms with Crippen molar-refractivity contribution in [3.05, 3.63) is 89.5 Å². The van der Waals surface area contributed by atoms with Crippen molar-refractivity contribution < 1.29 is 29.7 Å². The third-order valence-corrected chi connectivity index (χ3v) is 5.29. The van der Waals surface area contributed by atoms with E-state index in [1.165, 1.54) is 31.2 Å². The van der Waals surface area contributed by atoms with Gasteiger partial charge < -0.3 is 20.2 Å². The molecule has 0 aromatic heterocycles. The first-order chi connectivity index (χ1) is 17.1. The van der Waals surface area contributed by atoms with Crippen molar-refractivity contribution >= 4 is 17.3 Å². The predicted molar refractivity (Wildman–Crippen MR) is 139 cm³/mol. The van der Waals surface area contributed by atoms with Crippen molar-refractivity contribution in [2.45, 2.75) is 26.2 Å². The number of benzene rings is 3. The highest BCUT2D eigenvalue weighted by molar-refractivity contribution is 5.99. The number of nitrogens with zero attached hydrogens (tertiary/aromatic N) is 1. The van der Waals surface area contributed by atoms with Gasteiger partial charge in [-0.3, -0.25) is 14.4 Å². The number of carbonyl (C=O) groups is 3. The van der Waals surface area contributed by atoms with Gasteiger partial charge in [-0.1, -0.05) is 36.4 Å². The largest absolute Gasteiger partial charge is 0.508 e. The van der Waals surface area contributed by atoms with Crippen LogP contribution >= 0.6 is 0 Å². The van der Waals surface area contributed by atoms with Crippen LogP contribution in [-0.2, 0) is 0 Å². The Kier molecular flexibility index (Phi) is 10.8. The molecule has 4 rings (SSSR count). The number of phenolic OH excluding ortho intramolecular Hbond substituents is 3. The van der Waals surface area contributed by atoms with Gasteiger partial charge in [-0.25, -0.2) is 0 Å². The quantitative estimate of drug-likeness (QED) is 0.394. The summed E-state index contributed by atoms with van der Waals surface area (Å²) in [7, 11) is 3.85. The van der Waals surface area contributed by atoms with E-state index in [0.29, 0.717) is 23.1 Å². The summed E-state index contributed by atoms with van der Waals surface area (Å²) >= 11 is 0. The normalized spacial score (nSPS) is 12.0. The monoisotopic (exact) mass is 491 g/mol. The summed E-state index contributed by atoms with van der Waals surface area (Å²) in [5, 5.41) is 27.2. The topological polar surface area (TPSA) is 115 Å². The van der Waals surface area contributed by atoms with Crippen molar-refractivity contribution in [1.82, 2.24) is 4.90 Å². The average Bonchev–Trinajstić information content (AvgIpc) is 3.68. The molecule has 1 aliphatic carbocycles. The third-order valence-electron chi connectivity index (χ3n) is 5.29. The molecule has 0 radical (unpaired) electrons. The molecular formula is C29H33NO6. The van der Waals surface area contributed by atoms with Crippen LogP contribution in [0.25, 0.3) is 0 Å². The smallest absolute Gasteiger partial charge is 0.166 e. The molecule has 3 aromatic carbocycles. The first kappa shape index (κ1) is 28.3. The van der Waals surface area contributed by atoms with Crippen LogP contribution in [0.3, 0.4) is 0 Å². The molecule has 3 aromatic rings. The zero-order valence-corrected chi connectivity index (χ0v) is 20.8. The second kappa shape index (κ2) is 13.8. The zero-order chi connectivity index (χ0) is 26.7. The zero-order valence-electron chi connectivity index (χ0n) is 20.8. The van der Waals surface area contributed by atoms with E-state index in [1.807, 2.05) is 19.0 Å². The van der Waals surface area contributed by atoms with E-state index in [-0.39, 0.29) is 40.5 Å². The number of aromatic hydroxyl groups is 3. The molecule has 1 saturated carbocycles. The van der Waals surface area contributed by atoms with E-state index in [4.69, 9.17) is 10.2 Å². The Bertz CT molecular complexity index is 1180. The van der Waals surface area contributed by atoms with Gasteiger partial charge in [0.2, 0.25) is 0 Å². The number of hydrogen-bond donors (Lipinski definition) is 3. The maximum absolute atomic E-state index is 11.6. The molecule has 1 fully saturated rings. The lowest BCUT2D eigenvalue weighted by molar-refractivity contribution is 0.0961. The van der Waals surface area contributed by atoms with Crippen molar-refractivity contribution in [2.24, 2.45) is 5.92 Å². The summed E-state index contributed by atoms with van der Waals surface area (Å²) in [6, 6.07) is 19.3. The van der Waals surface area contributed by atoms with Gasteiger partial charge in [0, 0.05) is 35.6 Å². The minimum atomic E-state index is -0.0316.